The van der Waals surface area contributed by atoms with Crippen LogP contribution in [0.1, 0.15) is 36.3 Å². The summed E-state index contributed by atoms with van der Waals surface area (Å²) in [5.41, 5.74) is 2.52. The standard InChI is InChI=1S/C15H21NO3/c1-17-14-9-8-12-11(10-16-19-3)6-4-5-7-13(12)15(14)18-2/h8-11H,4-7H2,1-3H3/b16-10+. The van der Waals surface area contributed by atoms with E-state index < -0.39 is 0 Å². The second-order valence-corrected chi connectivity index (χ2v) is 4.66. The van der Waals surface area contributed by atoms with Crippen molar-refractivity contribution in [2.75, 3.05) is 21.3 Å². The van der Waals surface area contributed by atoms with Gasteiger partial charge in [-0.2, -0.15) is 0 Å². The van der Waals surface area contributed by atoms with Gasteiger partial charge in [-0.05, 0) is 30.9 Å². The predicted molar refractivity (Wildman–Crippen MR) is 75.3 cm³/mol. The Kier molecular flexibility index (Phi) is 4.66. The summed E-state index contributed by atoms with van der Waals surface area (Å²) in [6.45, 7) is 0. The molecule has 0 saturated carbocycles. The fourth-order valence-corrected chi connectivity index (χ4v) is 2.72. The number of benzene rings is 1. The summed E-state index contributed by atoms with van der Waals surface area (Å²) >= 11 is 0. The SMILES string of the molecule is CO/N=C/C1CCCCc2c1ccc(OC)c2OC. The molecule has 0 bridgehead atoms. The Balaban J connectivity index is 2.46. The molecule has 0 spiro atoms. The number of hydrogen-bond donors (Lipinski definition) is 0. The van der Waals surface area contributed by atoms with E-state index in [1.165, 1.54) is 17.5 Å². The minimum Gasteiger partial charge on any atom is -0.493 e. The first-order valence-corrected chi connectivity index (χ1v) is 6.62. The highest BCUT2D eigenvalue weighted by Gasteiger charge is 2.22. The van der Waals surface area contributed by atoms with E-state index in [2.05, 4.69) is 11.2 Å². The third-order valence-corrected chi connectivity index (χ3v) is 3.62. The highest BCUT2D eigenvalue weighted by Crippen LogP contribution is 2.40. The molecule has 0 heterocycles. The van der Waals surface area contributed by atoms with Crippen molar-refractivity contribution in [1.82, 2.24) is 0 Å². The molecule has 0 fully saturated rings. The fraction of sp³-hybridized carbons (Fsp3) is 0.533. The van der Waals surface area contributed by atoms with Crippen LogP contribution in [0.25, 0.3) is 0 Å². The topological polar surface area (TPSA) is 40.0 Å². The number of fused-ring (bicyclic) bond motifs is 1. The number of methoxy groups -OCH3 is 2. The molecule has 1 unspecified atom stereocenters. The maximum atomic E-state index is 5.54. The Morgan fingerprint density at radius 1 is 1.16 bits per heavy atom. The van der Waals surface area contributed by atoms with Gasteiger partial charge in [0.1, 0.15) is 7.11 Å². The first-order valence-electron chi connectivity index (χ1n) is 6.62. The second kappa shape index (κ2) is 6.45. The molecule has 0 aromatic heterocycles. The van der Waals surface area contributed by atoms with Crippen LogP contribution in [-0.2, 0) is 11.3 Å². The molecule has 104 valence electrons. The molecule has 0 saturated heterocycles. The molecule has 1 atom stereocenters. The molecule has 4 heteroatoms. The van der Waals surface area contributed by atoms with Gasteiger partial charge in [-0.25, -0.2) is 0 Å². The number of rotatable bonds is 4. The lowest BCUT2D eigenvalue weighted by atomic mass is 9.93. The van der Waals surface area contributed by atoms with Gasteiger partial charge in [0.05, 0.1) is 20.4 Å². The molecule has 0 radical (unpaired) electrons. The number of nitrogens with zero attached hydrogens (tertiary/aromatic N) is 1. The van der Waals surface area contributed by atoms with E-state index in [0.29, 0.717) is 0 Å². The first-order chi connectivity index (χ1) is 9.31. The van der Waals surface area contributed by atoms with E-state index in [1.807, 2.05) is 12.3 Å². The third-order valence-electron chi connectivity index (χ3n) is 3.62. The molecular formula is C15H21NO3. The Morgan fingerprint density at radius 3 is 2.68 bits per heavy atom. The van der Waals surface area contributed by atoms with Crippen LogP contribution in [0.3, 0.4) is 0 Å². The minimum atomic E-state index is 0.289. The average molecular weight is 263 g/mol. The molecule has 1 aromatic carbocycles. The highest BCUT2D eigenvalue weighted by molar-refractivity contribution is 5.70. The van der Waals surface area contributed by atoms with Gasteiger partial charge in [-0.1, -0.05) is 17.6 Å². The Labute approximate surface area is 114 Å². The van der Waals surface area contributed by atoms with Gasteiger partial charge in [-0.15, -0.1) is 0 Å². The van der Waals surface area contributed by atoms with Gasteiger partial charge in [0.15, 0.2) is 11.5 Å². The van der Waals surface area contributed by atoms with Gasteiger partial charge >= 0.3 is 0 Å². The number of oxime groups is 1. The van der Waals surface area contributed by atoms with E-state index >= 15 is 0 Å². The first kappa shape index (κ1) is 13.7. The molecule has 2 rings (SSSR count). The van der Waals surface area contributed by atoms with Gasteiger partial charge in [-0.3, -0.25) is 0 Å². The molecule has 19 heavy (non-hydrogen) atoms. The van der Waals surface area contributed by atoms with Crippen molar-refractivity contribution >= 4 is 6.21 Å². The molecule has 0 amide bonds. The molecular weight excluding hydrogens is 242 g/mol. The molecule has 0 N–H and O–H groups in total. The van der Waals surface area contributed by atoms with Gasteiger partial charge in [0, 0.05) is 11.5 Å². The Morgan fingerprint density at radius 2 is 2.00 bits per heavy atom. The summed E-state index contributed by atoms with van der Waals surface area (Å²) in [6, 6.07) is 4.09. The van der Waals surface area contributed by atoms with Crippen molar-refractivity contribution in [3.8, 4) is 11.5 Å². The number of ether oxygens (including phenoxy) is 2. The van der Waals surface area contributed by atoms with Crippen LogP contribution >= 0.6 is 0 Å². The summed E-state index contributed by atoms with van der Waals surface area (Å²) < 4.78 is 10.9. The lowest BCUT2D eigenvalue weighted by Gasteiger charge is -2.18. The summed E-state index contributed by atoms with van der Waals surface area (Å²) in [6.07, 6.45) is 6.34. The maximum Gasteiger partial charge on any atom is 0.164 e. The molecule has 1 aliphatic rings. The number of hydrogen-bond acceptors (Lipinski definition) is 4. The summed E-state index contributed by atoms with van der Waals surface area (Å²) in [5, 5.41) is 3.94. The lowest BCUT2D eigenvalue weighted by molar-refractivity contribution is 0.214. The van der Waals surface area contributed by atoms with Crippen LogP contribution in [0.2, 0.25) is 0 Å². The van der Waals surface area contributed by atoms with Crippen LogP contribution in [0, 0.1) is 0 Å². The quantitative estimate of drug-likeness (QED) is 0.476. The molecule has 0 aliphatic heterocycles. The van der Waals surface area contributed by atoms with E-state index in [1.54, 1.807) is 21.3 Å². The summed E-state index contributed by atoms with van der Waals surface area (Å²) in [5.74, 6) is 1.94. The zero-order chi connectivity index (χ0) is 13.7. The van der Waals surface area contributed by atoms with Crippen molar-refractivity contribution in [2.24, 2.45) is 5.16 Å². The largest absolute Gasteiger partial charge is 0.493 e. The monoisotopic (exact) mass is 263 g/mol. The zero-order valence-corrected chi connectivity index (χ0v) is 11.8. The van der Waals surface area contributed by atoms with Crippen molar-refractivity contribution in [2.45, 2.75) is 31.6 Å². The van der Waals surface area contributed by atoms with E-state index in [0.717, 1.165) is 30.8 Å². The van der Waals surface area contributed by atoms with Crippen molar-refractivity contribution < 1.29 is 14.3 Å². The van der Waals surface area contributed by atoms with Gasteiger partial charge in [0.25, 0.3) is 0 Å². The lowest BCUT2D eigenvalue weighted by Crippen LogP contribution is -2.05. The van der Waals surface area contributed by atoms with E-state index in [4.69, 9.17) is 14.3 Å². The normalized spacial score (nSPS) is 18.8. The summed E-state index contributed by atoms with van der Waals surface area (Å²) in [4.78, 5) is 4.82. The van der Waals surface area contributed by atoms with E-state index in [-0.39, 0.29) is 5.92 Å². The summed E-state index contributed by atoms with van der Waals surface area (Å²) in [7, 11) is 4.94. The smallest absolute Gasteiger partial charge is 0.164 e. The van der Waals surface area contributed by atoms with Crippen molar-refractivity contribution in [1.29, 1.82) is 0 Å². The molecule has 1 aromatic rings. The van der Waals surface area contributed by atoms with Crippen LogP contribution in [0.15, 0.2) is 17.3 Å². The van der Waals surface area contributed by atoms with Gasteiger partial charge < -0.3 is 14.3 Å². The second-order valence-electron chi connectivity index (χ2n) is 4.66. The van der Waals surface area contributed by atoms with Crippen LogP contribution in [-0.4, -0.2) is 27.5 Å². The van der Waals surface area contributed by atoms with Crippen LogP contribution in [0.4, 0.5) is 0 Å². The Hall–Kier alpha value is -1.71. The fourth-order valence-electron chi connectivity index (χ4n) is 2.72. The predicted octanol–water partition coefficient (Wildman–Crippen LogP) is 3.15. The van der Waals surface area contributed by atoms with Crippen molar-refractivity contribution in [3.05, 3.63) is 23.3 Å². The molecule has 4 nitrogen and oxygen atoms in total. The third kappa shape index (κ3) is 2.83. The highest BCUT2D eigenvalue weighted by atomic mass is 16.6. The average Bonchev–Trinajstić information content (AvgIpc) is 2.66. The van der Waals surface area contributed by atoms with Crippen LogP contribution < -0.4 is 9.47 Å². The zero-order valence-electron chi connectivity index (χ0n) is 11.8. The maximum absolute atomic E-state index is 5.54. The van der Waals surface area contributed by atoms with Crippen molar-refractivity contribution in [3.63, 3.8) is 0 Å². The van der Waals surface area contributed by atoms with E-state index in [9.17, 15) is 0 Å². The van der Waals surface area contributed by atoms with Crippen LogP contribution in [0.5, 0.6) is 11.5 Å². The molecule has 1 aliphatic carbocycles. The Bertz CT molecular complexity index is 457. The van der Waals surface area contributed by atoms with Gasteiger partial charge in [0.2, 0.25) is 0 Å². The minimum absolute atomic E-state index is 0.289.